The van der Waals surface area contributed by atoms with Crippen LogP contribution in [0, 0.1) is 6.92 Å². The molecule has 2 aromatic carbocycles. The zero-order chi connectivity index (χ0) is 22.1. The largest absolute Gasteiger partial charge is 0.352 e. The fraction of sp³-hybridized carbons (Fsp3) is 0.481. The Hall–Kier alpha value is -2.62. The molecule has 0 heterocycles. The Kier molecular flexibility index (Phi) is 8.69. The van der Waals surface area contributed by atoms with Gasteiger partial charge in [0.25, 0.3) is 0 Å². The van der Waals surface area contributed by atoms with Crippen LogP contribution in [-0.2, 0) is 22.6 Å². The maximum absolute atomic E-state index is 13.5. The standard InChI is InChI=1S/C27H36N2O2/c1-3-12-26(30)29(20-23-16-11-10-13-21(23)2)25(19-22-14-6-4-7-15-22)27(31)28-24-17-8-5-9-18-24/h4,6-7,10-11,13-16,24-25H,3,5,8-9,12,17-20H2,1-2H3,(H,28,31)/t25-/m1/s1. The molecule has 4 heteroatoms. The Morgan fingerprint density at radius 1 is 1.00 bits per heavy atom. The topological polar surface area (TPSA) is 49.4 Å². The van der Waals surface area contributed by atoms with Crippen molar-refractivity contribution in [3.8, 4) is 0 Å². The van der Waals surface area contributed by atoms with Crippen LogP contribution in [0.2, 0.25) is 0 Å². The number of aryl methyl sites for hydroxylation is 1. The maximum Gasteiger partial charge on any atom is 0.243 e. The lowest BCUT2D eigenvalue weighted by Gasteiger charge is -2.34. The lowest BCUT2D eigenvalue weighted by Crippen LogP contribution is -2.52. The number of benzene rings is 2. The molecule has 1 fully saturated rings. The van der Waals surface area contributed by atoms with Crippen molar-refractivity contribution in [2.75, 3.05) is 0 Å². The highest BCUT2D eigenvalue weighted by Gasteiger charge is 2.31. The van der Waals surface area contributed by atoms with Crippen molar-refractivity contribution in [3.63, 3.8) is 0 Å². The number of rotatable bonds is 9. The van der Waals surface area contributed by atoms with E-state index in [0.29, 0.717) is 19.4 Å². The van der Waals surface area contributed by atoms with Crippen molar-refractivity contribution in [2.24, 2.45) is 0 Å². The van der Waals surface area contributed by atoms with Crippen LogP contribution in [0.25, 0.3) is 0 Å². The summed E-state index contributed by atoms with van der Waals surface area (Å²) in [6, 6.07) is 17.9. The Labute approximate surface area is 187 Å². The lowest BCUT2D eigenvalue weighted by molar-refractivity contribution is -0.141. The van der Waals surface area contributed by atoms with E-state index in [4.69, 9.17) is 0 Å². The molecule has 31 heavy (non-hydrogen) atoms. The average Bonchev–Trinajstić information content (AvgIpc) is 2.79. The van der Waals surface area contributed by atoms with E-state index >= 15 is 0 Å². The summed E-state index contributed by atoms with van der Waals surface area (Å²) in [6.45, 7) is 4.53. The van der Waals surface area contributed by atoms with Crippen LogP contribution >= 0.6 is 0 Å². The van der Waals surface area contributed by atoms with Gasteiger partial charge < -0.3 is 10.2 Å². The Morgan fingerprint density at radius 3 is 2.35 bits per heavy atom. The van der Waals surface area contributed by atoms with Gasteiger partial charge in [0, 0.05) is 25.4 Å². The number of amides is 2. The molecule has 2 aromatic rings. The molecule has 1 N–H and O–H groups in total. The van der Waals surface area contributed by atoms with Gasteiger partial charge in [-0.05, 0) is 42.9 Å². The second-order valence-electron chi connectivity index (χ2n) is 8.75. The summed E-state index contributed by atoms with van der Waals surface area (Å²) < 4.78 is 0. The van der Waals surface area contributed by atoms with Gasteiger partial charge in [-0.2, -0.15) is 0 Å². The summed E-state index contributed by atoms with van der Waals surface area (Å²) in [6.07, 6.45) is 7.38. The quantitative estimate of drug-likeness (QED) is 0.607. The molecule has 0 aliphatic heterocycles. The minimum absolute atomic E-state index is 0.0196. The van der Waals surface area contributed by atoms with Crippen LogP contribution in [-0.4, -0.2) is 28.8 Å². The van der Waals surface area contributed by atoms with E-state index in [0.717, 1.165) is 48.8 Å². The van der Waals surface area contributed by atoms with Crippen LogP contribution < -0.4 is 5.32 Å². The number of carbonyl (C=O) groups excluding carboxylic acids is 2. The highest BCUT2D eigenvalue weighted by Crippen LogP contribution is 2.21. The van der Waals surface area contributed by atoms with Gasteiger partial charge in [0.15, 0.2) is 0 Å². The van der Waals surface area contributed by atoms with E-state index in [1.54, 1.807) is 0 Å². The minimum atomic E-state index is -0.511. The molecule has 0 radical (unpaired) electrons. The van der Waals surface area contributed by atoms with Crippen molar-refractivity contribution in [1.82, 2.24) is 10.2 Å². The number of nitrogens with zero attached hydrogens (tertiary/aromatic N) is 1. The summed E-state index contributed by atoms with van der Waals surface area (Å²) in [5, 5.41) is 3.28. The normalized spacial score (nSPS) is 15.3. The number of hydrogen-bond acceptors (Lipinski definition) is 2. The molecule has 4 nitrogen and oxygen atoms in total. The summed E-state index contributed by atoms with van der Waals surface area (Å²) in [5.74, 6) is 0.0271. The number of nitrogens with one attached hydrogen (secondary N) is 1. The Balaban J connectivity index is 1.89. The Morgan fingerprint density at radius 2 is 1.68 bits per heavy atom. The summed E-state index contributed by atoms with van der Waals surface area (Å²) >= 11 is 0. The maximum atomic E-state index is 13.5. The van der Waals surface area contributed by atoms with E-state index in [1.165, 1.54) is 6.42 Å². The van der Waals surface area contributed by atoms with Crippen LogP contribution in [0.15, 0.2) is 54.6 Å². The molecule has 0 spiro atoms. The van der Waals surface area contributed by atoms with Crippen molar-refractivity contribution >= 4 is 11.8 Å². The van der Waals surface area contributed by atoms with Gasteiger partial charge in [-0.15, -0.1) is 0 Å². The summed E-state index contributed by atoms with van der Waals surface area (Å²) in [4.78, 5) is 28.6. The third-order valence-electron chi connectivity index (χ3n) is 6.29. The van der Waals surface area contributed by atoms with Crippen LogP contribution in [0.1, 0.15) is 68.6 Å². The minimum Gasteiger partial charge on any atom is -0.352 e. The predicted octanol–water partition coefficient (Wildman–Crippen LogP) is 5.18. The van der Waals surface area contributed by atoms with Gasteiger partial charge in [0.1, 0.15) is 6.04 Å². The Bertz CT molecular complexity index is 843. The van der Waals surface area contributed by atoms with Gasteiger partial charge in [-0.3, -0.25) is 9.59 Å². The molecule has 2 amide bonds. The molecular weight excluding hydrogens is 384 g/mol. The van der Waals surface area contributed by atoms with E-state index in [1.807, 2.05) is 54.3 Å². The molecule has 0 saturated heterocycles. The van der Waals surface area contributed by atoms with Gasteiger partial charge in [0.05, 0.1) is 0 Å². The van der Waals surface area contributed by atoms with Gasteiger partial charge >= 0.3 is 0 Å². The van der Waals surface area contributed by atoms with Crippen LogP contribution in [0.3, 0.4) is 0 Å². The smallest absolute Gasteiger partial charge is 0.243 e. The first-order chi connectivity index (χ1) is 15.1. The predicted molar refractivity (Wildman–Crippen MR) is 126 cm³/mol. The number of hydrogen-bond donors (Lipinski definition) is 1. The molecular formula is C27H36N2O2. The number of carbonyl (C=O) groups is 2. The van der Waals surface area contributed by atoms with Crippen LogP contribution in [0.5, 0.6) is 0 Å². The fourth-order valence-corrected chi connectivity index (χ4v) is 4.43. The summed E-state index contributed by atoms with van der Waals surface area (Å²) in [7, 11) is 0. The monoisotopic (exact) mass is 420 g/mol. The van der Waals surface area contributed by atoms with Crippen LogP contribution in [0.4, 0.5) is 0 Å². The summed E-state index contributed by atoms with van der Waals surface area (Å²) in [5.41, 5.74) is 3.31. The molecule has 1 saturated carbocycles. The van der Waals surface area contributed by atoms with E-state index < -0.39 is 6.04 Å². The zero-order valence-corrected chi connectivity index (χ0v) is 19.0. The molecule has 0 unspecified atom stereocenters. The highest BCUT2D eigenvalue weighted by molar-refractivity contribution is 5.88. The second kappa shape index (κ2) is 11.7. The molecule has 0 bridgehead atoms. The first-order valence-electron chi connectivity index (χ1n) is 11.8. The highest BCUT2D eigenvalue weighted by atomic mass is 16.2. The zero-order valence-electron chi connectivity index (χ0n) is 19.0. The SMILES string of the molecule is CCCC(=O)N(Cc1ccccc1C)[C@H](Cc1ccccc1)C(=O)NC1CCCCC1. The molecule has 1 aliphatic rings. The van der Waals surface area contributed by atoms with E-state index in [2.05, 4.69) is 24.4 Å². The second-order valence-corrected chi connectivity index (χ2v) is 8.75. The van der Waals surface area contributed by atoms with Gasteiger partial charge in [-0.1, -0.05) is 80.8 Å². The van der Waals surface area contributed by atoms with Gasteiger partial charge in [-0.25, -0.2) is 0 Å². The van der Waals surface area contributed by atoms with E-state index in [-0.39, 0.29) is 17.9 Å². The van der Waals surface area contributed by atoms with Crippen molar-refractivity contribution < 1.29 is 9.59 Å². The third kappa shape index (κ3) is 6.68. The van der Waals surface area contributed by atoms with E-state index in [9.17, 15) is 9.59 Å². The molecule has 1 atom stereocenters. The first-order valence-corrected chi connectivity index (χ1v) is 11.8. The molecule has 1 aliphatic carbocycles. The van der Waals surface area contributed by atoms with Gasteiger partial charge in [0.2, 0.25) is 11.8 Å². The molecule has 3 rings (SSSR count). The van der Waals surface area contributed by atoms with Crippen molar-refractivity contribution in [3.05, 3.63) is 71.3 Å². The van der Waals surface area contributed by atoms with Crippen molar-refractivity contribution in [2.45, 2.75) is 83.8 Å². The van der Waals surface area contributed by atoms with Crippen molar-refractivity contribution in [1.29, 1.82) is 0 Å². The molecule has 166 valence electrons. The third-order valence-corrected chi connectivity index (χ3v) is 6.29. The lowest BCUT2D eigenvalue weighted by atomic mass is 9.94. The molecule has 0 aromatic heterocycles. The average molecular weight is 421 g/mol. The first kappa shape index (κ1) is 23.1. The fourth-order valence-electron chi connectivity index (χ4n) is 4.43.